The highest BCUT2D eigenvalue weighted by molar-refractivity contribution is 5.91. The first kappa shape index (κ1) is 16.7. The van der Waals surface area contributed by atoms with E-state index in [0.29, 0.717) is 23.0 Å². The van der Waals surface area contributed by atoms with E-state index < -0.39 is 5.82 Å². The van der Waals surface area contributed by atoms with Gasteiger partial charge in [-0.3, -0.25) is 4.79 Å². The van der Waals surface area contributed by atoms with Crippen molar-refractivity contribution < 1.29 is 18.7 Å². The number of tetrazole rings is 1. The molecule has 2 aromatic carbocycles. The SMILES string of the molecule is O=C(/C=C\c1ccc2c(c1)OCO2)NCc1nnnn1-c1cccc(F)c1. The maximum Gasteiger partial charge on any atom is 0.244 e. The Balaban J connectivity index is 1.39. The van der Waals surface area contributed by atoms with Crippen molar-refractivity contribution in [3.8, 4) is 17.2 Å². The molecule has 3 aromatic rings. The third kappa shape index (κ3) is 3.76. The van der Waals surface area contributed by atoms with Crippen molar-refractivity contribution in [2.75, 3.05) is 6.79 Å². The number of rotatable bonds is 5. The fourth-order valence-electron chi connectivity index (χ4n) is 2.54. The van der Waals surface area contributed by atoms with Crippen molar-refractivity contribution in [2.24, 2.45) is 0 Å². The minimum absolute atomic E-state index is 0.0911. The van der Waals surface area contributed by atoms with E-state index in [1.807, 2.05) is 6.07 Å². The van der Waals surface area contributed by atoms with Gasteiger partial charge in [0.1, 0.15) is 5.82 Å². The van der Waals surface area contributed by atoms with Crippen LogP contribution in [0.3, 0.4) is 0 Å². The van der Waals surface area contributed by atoms with E-state index in [4.69, 9.17) is 9.47 Å². The molecule has 0 bridgehead atoms. The lowest BCUT2D eigenvalue weighted by atomic mass is 10.2. The van der Waals surface area contributed by atoms with Crippen LogP contribution in [0.5, 0.6) is 11.5 Å². The van der Waals surface area contributed by atoms with Gasteiger partial charge in [-0.1, -0.05) is 12.1 Å². The first-order chi connectivity index (χ1) is 13.2. The Morgan fingerprint density at radius 2 is 2.11 bits per heavy atom. The zero-order valence-electron chi connectivity index (χ0n) is 14.0. The lowest BCUT2D eigenvalue weighted by molar-refractivity contribution is -0.116. The minimum Gasteiger partial charge on any atom is -0.454 e. The van der Waals surface area contributed by atoms with Crippen LogP contribution in [0.1, 0.15) is 11.4 Å². The molecule has 2 heterocycles. The van der Waals surface area contributed by atoms with Crippen LogP contribution in [0.4, 0.5) is 4.39 Å². The maximum absolute atomic E-state index is 13.4. The van der Waals surface area contributed by atoms with Gasteiger partial charge in [0.05, 0.1) is 12.2 Å². The van der Waals surface area contributed by atoms with Gasteiger partial charge in [0, 0.05) is 6.08 Å². The number of amides is 1. The van der Waals surface area contributed by atoms with Gasteiger partial charge in [-0.25, -0.2) is 4.39 Å². The summed E-state index contributed by atoms with van der Waals surface area (Å²) < 4.78 is 25.3. The van der Waals surface area contributed by atoms with Crippen LogP contribution in [-0.4, -0.2) is 32.9 Å². The number of hydrogen-bond acceptors (Lipinski definition) is 6. The van der Waals surface area contributed by atoms with Gasteiger partial charge in [0.15, 0.2) is 17.3 Å². The predicted molar refractivity (Wildman–Crippen MR) is 92.6 cm³/mol. The van der Waals surface area contributed by atoms with Crippen LogP contribution in [0.15, 0.2) is 48.5 Å². The first-order valence-corrected chi connectivity index (χ1v) is 8.08. The molecule has 0 aliphatic carbocycles. The normalized spacial score (nSPS) is 12.5. The minimum atomic E-state index is -0.398. The van der Waals surface area contributed by atoms with E-state index in [0.717, 1.165) is 5.56 Å². The van der Waals surface area contributed by atoms with E-state index in [1.165, 1.54) is 22.9 Å². The third-order valence-electron chi connectivity index (χ3n) is 3.83. The summed E-state index contributed by atoms with van der Waals surface area (Å²) in [7, 11) is 0. The second-order valence-electron chi connectivity index (χ2n) is 5.65. The number of carbonyl (C=O) groups excluding carboxylic acids is 1. The van der Waals surface area contributed by atoms with Crippen LogP contribution < -0.4 is 14.8 Å². The average molecular weight is 367 g/mol. The van der Waals surface area contributed by atoms with Crippen LogP contribution in [0.25, 0.3) is 11.8 Å². The molecule has 8 nitrogen and oxygen atoms in total. The first-order valence-electron chi connectivity index (χ1n) is 8.08. The fraction of sp³-hybridized carbons (Fsp3) is 0.111. The molecule has 0 atom stereocenters. The Morgan fingerprint density at radius 1 is 1.22 bits per heavy atom. The van der Waals surface area contributed by atoms with Crippen molar-refractivity contribution in [1.29, 1.82) is 0 Å². The van der Waals surface area contributed by atoms with E-state index in [1.54, 1.807) is 30.3 Å². The van der Waals surface area contributed by atoms with Crippen LogP contribution in [-0.2, 0) is 11.3 Å². The molecule has 0 spiro atoms. The number of benzene rings is 2. The van der Waals surface area contributed by atoms with Gasteiger partial charge in [-0.05, 0) is 52.4 Å². The number of halogens is 1. The Morgan fingerprint density at radius 3 is 3.00 bits per heavy atom. The highest BCUT2D eigenvalue weighted by atomic mass is 19.1. The number of nitrogens with zero attached hydrogens (tertiary/aromatic N) is 4. The molecule has 0 saturated heterocycles. The molecular formula is C18H14FN5O3. The molecule has 1 aliphatic rings. The highest BCUT2D eigenvalue weighted by Gasteiger charge is 2.13. The molecule has 1 N–H and O–H groups in total. The van der Waals surface area contributed by atoms with Crippen LogP contribution in [0, 0.1) is 5.82 Å². The lowest BCUT2D eigenvalue weighted by Gasteiger charge is -2.05. The van der Waals surface area contributed by atoms with Gasteiger partial charge in [0.2, 0.25) is 12.7 Å². The Hall–Kier alpha value is -3.75. The zero-order chi connectivity index (χ0) is 18.6. The van der Waals surface area contributed by atoms with Crippen molar-refractivity contribution in [3.05, 3.63) is 65.7 Å². The second kappa shape index (κ2) is 7.24. The molecule has 0 saturated carbocycles. The summed E-state index contributed by atoms with van der Waals surface area (Å²) in [6.07, 6.45) is 3.06. The molecule has 0 unspecified atom stereocenters. The maximum atomic E-state index is 13.4. The molecule has 0 radical (unpaired) electrons. The summed E-state index contributed by atoms with van der Waals surface area (Å²) >= 11 is 0. The standard InChI is InChI=1S/C18H14FN5O3/c19-13-2-1-3-14(9-13)24-17(21-22-23-24)10-20-18(25)7-5-12-4-6-15-16(8-12)27-11-26-15/h1-9H,10-11H2,(H,20,25)/b7-5-. The van der Waals surface area contributed by atoms with Crippen molar-refractivity contribution in [2.45, 2.75) is 6.54 Å². The number of nitrogens with one attached hydrogen (secondary N) is 1. The quantitative estimate of drug-likeness (QED) is 0.692. The van der Waals surface area contributed by atoms with E-state index in [9.17, 15) is 9.18 Å². The van der Waals surface area contributed by atoms with Gasteiger partial charge in [-0.15, -0.1) is 5.10 Å². The molecule has 9 heteroatoms. The summed E-state index contributed by atoms with van der Waals surface area (Å²) in [5, 5.41) is 14.0. The predicted octanol–water partition coefficient (Wildman–Crippen LogP) is 1.86. The molecule has 4 rings (SSSR count). The molecular weight excluding hydrogens is 353 g/mol. The zero-order valence-corrected chi connectivity index (χ0v) is 14.0. The molecule has 1 amide bonds. The summed E-state index contributed by atoms with van der Waals surface area (Å²) in [6.45, 7) is 0.289. The van der Waals surface area contributed by atoms with E-state index >= 15 is 0 Å². The van der Waals surface area contributed by atoms with Crippen LogP contribution in [0.2, 0.25) is 0 Å². The van der Waals surface area contributed by atoms with Gasteiger partial charge >= 0.3 is 0 Å². The summed E-state index contributed by atoms with van der Waals surface area (Å²) in [5.74, 6) is 0.990. The average Bonchev–Trinajstić information content (AvgIpc) is 3.33. The molecule has 1 aromatic heterocycles. The fourth-order valence-corrected chi connectivity index (χ4v) is 2.54. The third-order valence-corrected chi connectivity index (χ3v) is 3.83. The summed E-state index contributed by atoms with van der Waals surface area (Å²) in [4.78, 5) is 12.1. The Bertz CT molecular complexity index is 1020. The van der Waals surface area contributed by atoms with E-state index in [-0.39, 0.29) is 19.2 Å². The van der Waals surface area contributed by atoms with Crippen molar-refractivity contribution in [3.63, 3.8) is 0 Å². The molecule has 1 aliphatic heterocycles. The molecule has 27 heavy (non-hydrogen) atoms. The number of fused-ring (bicyclic) bond motifs is 1. The number of carbonyl (C=O) groups is 1. The van der Waals surface area contributed by atoms with Gasteiger partial charge in [-0.2, -0.15) is 4.68 Å². The number of ether oxygens (including phenoxy) is 2. The second-order valence-corrected chi connectivity index (χ2v) is 5.65. The smallest absolute Gasteiger partial charge is 0.244 e. The van der Waals surface area contributed by atoms with Crippen LogP contribution >= 0.6 is 0 Å². The number of hydrogen-bond donors (Lipinski definition) is 1. The summed E-state index contributed by atoms with van der Waals surface area (Å²) in [5.41, 5.74) is 1.28. The van der Waals surface area contributed by atoms with E-state index in [2.05, 4.69) is 20.8 Å². The molecule has 0 fully saturated rings. The summed E-state index contributed by atoms with van der Waals surface area (Å²) in [6, 6.07) is 11.3. The largest absolute Gasteiger partial charge is 0.454 e. The van der Waals surface area contributed by atoms with Crippen molar-refractivity contribution in [1.82, 2.24) is 25.5 Å². The van der Waals surface area contributed by atoms with Crippen molar-refractivity contribution >= 4 is 12.0 Å². The topological polar surface area (TPSA) is 91.2 Å². The Labute approximate surface area is 153 Å². The highest BCUT2D eigenvalue weighted by Crippen LogP contribution is 2.32. The number of aromatic nitrogens is 4. The Kier molecular flexibility index (Phi) is 4.48. The lowest BCUT2D eigenvalue weighted by Crippen LogP contribution is -2.22. The molecule has 136 valence electrons. The monoisotopic (exact) mass is 367 g/mol. The van der Waals surface area contributed by atoms with Gasteiger partial charge in [0.25, 0.3) is 0 Å². The van der Waals surface area contributed by atoms with Gasteiger partial charge < -0.3 is 14.8 Å².